The molecular formula is C34H57NO9. The van der Waals surface area contributed by atoms with Crippen molar-refractivity contribution in [1.29, 1.82) is 0 Å². The molecule has 10 heteroatoms. The standard InChI is InChI=1S/C33H51NO8.CH4O.H2/c1-18(35)40-27(30(4,5)39)22-9-7-20-23(41-22)15-21-19-8-10-24-29(2,3)25(42-28(38)34-16-26(36)37)11-12-33(24)17-32(19,33)14-13-31(20,21)6;1-2;/h19-25,27,39H,7-17H2,1-6H3,(H,34,38)(H,36,37);2H,1H3;1H/t19?,20?,21?,22?,23?,24?,25-,27-,31?,32-,33?;;/m0../s1. The van der Waals surface area contributed by atoms with Crippen molar-refractivity contribution >= 4 is 18.0 Å². The van der Waals surface area contributed by atoms with E-state index in [0.717, 1.165) is 45.6 Å². The molecule has 1 aliphatic heterocycles. The first-order valence-corrected chi connectivity index (χ1v) is 16.7. The lowest BCUT2D eigenvalue weighted by Gasteiger charge is -2.59. The Morgan fingerprint density at radius 1 is 0.977 bits per heavy atom. The Kier molecular flexibility index (Phi) is 8.67. The number of aliphatic carboxylic acids is 1. The highest BCUT2D eigenvalue weighted by molar-refractivity contribution is 5.76. The predicted molar refractivity (Wildman–Crippen MR) is 164 cm³/mol. The Morgan fingerprint density at radius 2 is 1.66 bits per heavy atom. The fraction of sp³-hybridized carbons (Fsp3) is 0.912. The molecule has 5 aliphatic carbocycles. The molecule has 5 saturated carbocycles. The average molecular weight is 624 g/mol. The van der Waals surface area contributed by atoms with Crippen LogP contribution in [0, 0.1) is 45.3 Å². The number of aliphatic hydroxyl groups excluding tert-OH is 1. The van der Waals surface area contributed by atoms with Gasteiger partial charge in [0.25, 0.3) is 0 Å². The normalized spacial score (nSPS) is 43.6. The monoisotopic (exact) mass is 623 g/mol. The van der Waals surface area contributed by atoms with E-state index in [1.165, 1.54) is 32.6 Å². The fourth-order valence-electron chi connectivity index (χ4n) is 11.9. The van der Waals surface area contributed by atoms with Crippen molar-refractivity contribution in [3.8, 4) is 0 Å². The number of esters is 1. The maximum Gasteiger partial charge on any atom is 0.407 e. The largest absolute Gasteiger partial charge is 0.480 e. The van der Waals surface area contributed by atoms with Gasteiger partial charge in [-0.25, -0.2) is 4.79 Å². The number of carboxylic acid groups (broad SMARTS) is 1. The summed E-state index contributed by atoms with van der Waals surface area (Å²) in [5, 5.41) is 29.1. The van der Waals surface area contributed by atoms with Gasteiger partial charge in [0, 0.05) is 20.9 Å². The summed E-state index contributed by atoms with van der Waals surface area (Å²) in [6.07, 6.45) is 9.16. The second-order valence-corrected chi connectivity index (χ2v) is 16.2. The molecule has 6 aliphatic rings. The molecule has 252 valence electrons. The summed E-state index contributed by atoms with van der Waals surface area (Å²) in [5.41, 5.74) is -0.443. The van der Waals surface area contributed by atoms with Gasteiger partial charge in [-0.1, -0.05) is 20.8 Å². The number of nitrogens with one attached hydrogen (secondary N) is 1. The third-order valence-corrected chi connectivity index (χ3v) is 13.5. The van der Waals surface area contributed by atoms with Gasteiger partial charge in [0.15, 0.2) is 6.10 Å². The van der Waals surface area contributed by atoms with Crippen molar-refractivity contribution in [3.63, 3.8) is 0 Å². The number of carbonyl (C=O) groups is 3. The number of ether oxygens (including phenoxy) is 3. The van der Waals surface area contributed by atoms with E-state index in [1.807, 2.05) is 0 Å². The Balaban J connectivity index is 0.00000151. The number of alkyl carbamates (subject to hydrolysis) is 1. The number of carbonyl (C=O) groups excluding carboxylic acids is 2. The van der Waals surface area contributed by atoms with E-state index < -0.39 is 30.3 Å². The molecule has 0 radical (unpaired) electrons. The third-order valence-electron chi connectivity index (χ3n) is 13.5. The number of amides is 1. The number of hydrogen-bond donors (Lipinski definition) is 4. The molecule has 1 heterocycles. The smallest absolute Gasteiger partial charge is 0.407 e. The van der Waals surface area contributed by atoms with Crippen LogP contribution in [0.5, 0.6) is 0 Å². The third kappa shape index (κ3) is 5.15. The van der Waals surface area contributed by atoms with Crippen LogP contribution >= 0.6 is 0 Å². The van der Waals surface area contributed by atoms with Crippen molar-refractivity contribution in [3.05, 3.63) is 0 Å². The molecule has 6 fully saturated rings. The van der Waals surface area contributed by atoms with Crippen molar-refractivity contribution in [2.45, 2.75) is 136 Å². The van der Waals surface area contributed by atoms with Crippen LogP contribution in [0.25, 0.3) is 0 Å². The first-order valence-electron chi connectivity index (χ1n) is 16.7. The van der Waals surface area contributed by atoms with Crippen LogP contribution < -0.4 is 5.32 Å². The minimum atomic E-state index is -1.17. The van der Waals surface area contributed by atoms with Crippen LogP contribution in [0.1, 0.15) is 107 Å². The molecule has 11 atom stereocenters. The number of aliphatic hydroxyl groups is 2. The topological polar surface area (TPSA) is 152 Å². The SMILES string of the molecule is CC(=O)O[C@@H](C1CCC2C(CC3C4CCC5C(C)(C)[C@@H](OC(=O)NCC(=O)O)CCC56C[C@@]46CCC23C)O1)C(C)(C)O.CO.[HH]. The van der Waals surface area contributed by atoms with Crippen molar-refractivity contribution in [1.82, 2.24) is 5.32 Å². The minimum Gasteiger partial charge on any atom is -0.480 e. The Hall–Kier alpha value is -1.91. The summed E-state index contributed by atoms with van der Waals surface area (Å²) in [5.74, 6) is 0.789. The van der Waals surface area contributed by atoms with Gasteiger partial charge in [0.2, 0.25) is 0 Å². The van der Waals surface area contributed by atoms with Gasteiger partial charge in [-0.2, -0.15) is 0 Å². The number of rotatable bonds is 6. The van der Waals surface area contributed by atoms with Gasteiger partial charge in [-0.3, -0.25) is 9.59 Å². The molecule has 10 nitrogen and oxygen atoms in total. The lowest BCUT2D eigenvalue weighted by Crippen LogP contribution is -2.55. The van der Waals surface area contributed by atoms with E-state index in [0.29, 0.717) is 34.5 Å². The van der Waals surface area contributed by atoms with E-state index in [2.05, 4.69) is 26.1 Å². The molecule has 0 aromatic rings. The molecule has 1 amide bonds. The lowest BCUT2D eigenvalue weighted by atomic mass is 9.46. The molecule has 0 aromatic carbocycles. The van der Waals surface area contributed by atoms with Crippen LogP contribution in [0.4, 0.5) is 4.79 Å². The molecule has 6 rings (SSSR count). The second-order valence-electron chi connectivity index (χ2n) is 16.2. The molecule has 4 N–H and O–H groups in total. The number of hydrogen-bond acceptors (Lipinski definition) is 8. The second kappa shape index (κ2) is 11.4. The zero-order valence-corrected chi connectivity index (χ0v) is 27.7. The fourth-order valence-corrected chi connectivity index (χ4v) is 11.9. The predicted octanol–water partition coefficient (Wildman–Crippen LogP) is 4.93. The zero-order valence-electron chi connectivity index (χ0n) is 27.7. The molecule has 44 heavy (non-hydrogen) atoms. The van der Waals surface area contributed by atoms with Crippen LogP contribution in [0.15, 0.2) is 0 Å². The Bertz CT molecular complexity index is 1140. The van der Waals surface area contributed by atoms with Gasteiger partial charge in [0.1, 0.15) is 12.6 Å². The first-order chi connectivity index (χ1) is 20.5. The maximum atomic E-state index is 12.4. The van der Waals surface area contributed by atoms with Gasteiger partial charge in [-0.15, -0.1) is 0 Å². The quantitative estimate of drug-likeness (QED) is 0.302. The zero-order chi connectivity index (χ0) is 32.5. The van der Waals surface area contributed by atoms with Crippen LogP contribution in [-0.2, 0) is 23.8 Å². The summed E-state index contributed by atoms with van der Waals surface area (Å²) in [6, 6.07) is 0. The van der Waals surface area contributed by atoms with Crippen molar-refractivity contribution in [2.24, 2.45) is 45.3 Å². The minimum absolute atomic E-state index is 0. The van der Waals surface area contributed by atoms with Gasteiger partial charge < -0.3 is 34.8 Å². The van der Waals surface area contributed by atoms with E-state index in [-0.39, 0.29) is 36.5 Å². The molecular weight excluding hydrogens is 566 g/mol. The van der Waals surface area contributed by atoms with Gasteiger partial charge >= 0.3 is 18.0 Å². The van der Waals surface area contributed by atoms with Crippen LogP contribution in [0.2, 0.25) is 0 Å². The lowest BCUT2D eigenvalue weighted by molar-refractivity contribution is -0.200. The van der Waals surface area contributed by atoms with E-state index in [9.17, 15) is 19.5 Å². The molecule has 0 aromatic heterocycles. The molecule has 0 bridgehead atoms. The summed E-state index contributed by atoms with van der Waals surface area (Å²) in [4.78, 5) is 35.2. The number of fused-ring (bicyclic) bond motifs is 4. The summed E-state index contributed by atoms with van der Waals surface area (Å²) >= 11 is 0. The van der Waals surface area contributed by atoms with E-state index in [4.69, 9.17) is 24.4 Å². The summed E-state index contributed by atoms with van der Waals surface area (Å²) in [7, 11) is 1.00. The van der Waals surface area contributed by atoms with E-state index >= 15 is 0 Å². The highest BCUT2D eigenvalue weighted by Crippen LogP contribution is 2.87. The van der Waals surface area contributed by atoms with Crippen LogP contribution in [-0.4, -0.2) is 77.0 Å². The maximum absolute atomic E-state index is 12.4. The Labute approximate surface area is 263 Å². The molecule has 1 saturated heterocycles. The summed E-state index contributed by atoms with van der Waals surface area (Å²) in [6.45, 7) is 11.4. The molecule has 8 unspecified atom stereocenters. The highest BCUT2D eigenvalue weighted by Gasteiger charge is 2.81. The van der Waals surface area contributed by atoms with Gasteiger partial charge in [0.05, 0.1) is 17.8 Å². The first kappa shape index (κ1) is 33.5. The van der Waals surface area contributed by atoms with Crippen LogP contribution in [0.3, 0.4) is 0 Å². The van der Waals surface area contributed by atoms with Crippen molar-refractivity contribution < 1.29 is 45.3 Å². The highest BCUT2D eigenvalue weighted by atomic mass is 16.6. The Morgan fingerprint density at radius 3 is 2.30 bits per heavy atom. The number of carboxylic acids is 1. The average Bonchev–Trinajstić information content (AvgIpc) is 3.52. The van der Waals surface area contributed by atoms with Crippen molar-refractivity contribution in [2.75, 3.05) is 13.7 Å². The molecule has 2 spiro atoms. The van der Waals surface area contributed by atoms with Gasteiger partial charge in [-0.05, 0) is 118 Å². The summed E-state index contributed by atoms with van der Waals surface area (Å²) < 4.78 is 18.2. The van der Waals surface area contributed by atoms with E-state index in [1.54, 1.807) is 13.8 Å².